The number of nitrogens with one attached hydrogen (secondary N) is 1. The molecule has 0 bridgehead atoms. The molecule has 0 aromatic heterocycles. The van der Waals surface area contributed by atoms with Crippen LogP contribution >= 0.6 is 0 Å². The Labute approximate surface area is 74.4 Å². The Morgan fingerprint density at radius 1 is 1.25 bits per heavy atom. The first kappa shape index (κ1) is 8.52. The third-order valence-corrected chi connectivity index (χ3v) is 3.70. The van der Waals surface area contributed by atoms with Gasteiger partial charge in [-0.05, 0) is 45.1 Å². The van der Waals surface area contributed by atoms with E-state index in [1.807, 2.05) is 6.92 Å². The quantitative estimate of drug-likeness (QED) is 0.653. The van der Waals surface area contributed by atoms with Crippen LogP contribution in [0.4, 0.5) is 0 Å². The summed E-state index contributed by atoms with van der Waals surface area (Å²) in [6.07, 6.45) is 6.15. The van der Waals surface area contributed by atoms with E-state index in [9.17, 15) is 5.11 Å². The van der Waals surface area contributed by atoms with E-state index >= 15 is 0 Å². The molecule has 0 radical (unpaired) electrons. The summed E-state index contributed by atoms with van der Waals surface area (Å²) >= 11 is 0. The van der Waals surface area contributed by atoms with Crippen molar-refractivity contribution < 1.29 is 5.11 Å². The van der Waals surface area contributed by atoms with Gasteiger partial charge in [-0.2, -0.15) is 0 Å². The molecule has 2 nitrogen and oxygen atoms in total. The normalized spacial score (nSPS) is 36.0. The first-order valence-corrected chi connectivity index (χ1v) is 5.17. The van der Waals surface area contributed by atoms with Crippen molar-refractivity contribution in [2.45, 2.75) is 50.7 Å². The summed E-state index contributed by atoms with van der Waals surface area (Å²) in [7, 11) is 0. The number of hydrogen-bond acceptors (Lipinski definition) is 2. The lowest BCUT2D eigenvalue weighted by molar-refractivity contribution is -0.0592. The fourth-order valence-corrected chi connectivity index (χ4v) is 2.46. The van der Waals surface area contributed by atoms with E-state index in [0.29, 0.717) is 12.0 Å². The highest BCUT2D eigenvalue weighted by atomic mass is 16.3. The molecule has 1 saturated heterocycles. The largest absolute Gasteiger partial charge is 0.388 e. The smallest absolute Gasteiger partial charge is 0.0799 e. The summed E-state index contributed by atoms with van der Waals surface area (Å²) in [6, 6.07) is 0.364. The van der Waals surface area contributed by atoms with Crippen molar-refractivity contribution >= 4 is 0 Å². The van der Waals surface area contributed by atoms with Crippen LogP contribution in [-0.2, 0) is 0 Å². The first-order valence-electron chi connectivity index (χ1n) is 5.17. The number of rotatable bonds is 2. The lowest BCUT2D eigenvalue weighted by Gasteiger charge is -2.42. The van der Waals surface area contributed by atoms with Gasteiger partial charge in [0, 0.05) is 6.04 Å². The van der Waals surface area contributed by atoms with Crippen molar-refractivity contribution in [3.63, 3.8) is 0 Å². The van der Waals surface area contributed by atoms with Crippen LogP contribution < -0.4 is 5.32 Å². The molecule has 0 aromatic carbocycles. The minimum atomic E-state index is -0.436. The zero-order valence-corrected chi connectivity index (χ0v) is 7.84. The Hall–Kier alpha value is -0.0800. The summed E-state index contributed by atoms with van der Waals surface area (Å²) in [5.41, 5.74) is -0.436. The maximum absolute atomic E-state index is 10.3. The molecule has 1 aliphatic carbocycles. The summed E-state index contributed by atoms with van der Waals surface area (Å²) in [4.78, 5) is 0. The predicted octanol–water partition coefficient (Wildman–Crippen LogP) is 1.29. The Morgan fingerprint density at radius 3 is 2.42 bits per heavy atom. The zero-order chi connectivity index (χ0) is 8.60. The topological polar surface area (TPSA) is 32.3 Å². The van der Waals surface area contributed by atoms with Crippen LogP contribution in [0.2, 0.25) is 0 Å². The van der Waals surface area contributed by atoms with Crippen LogP contribution in [0.15, 0.2) is 0 Å². The molecule has 0 spiro atoms. The fraction of sp³-hybridized carbons (Fsp3) is 1.00. The average molecular weight is 169 g/mol. The molecule has 2 heteroatoms. The molecule has 2 aliphatic rings. The maximum Gasteiger partial charge on any atom is 0.0799 e. The van der Waals surface area contributed by atoms with Gasteiger partial charge in [0.2, 0.25) is 0 Å². The van der Waals surface area contributed by atoms with E-state index in [-0.39, 0.29) is 0 Å². The molecule has 1 aliphatic heterocycles. The van der Waals surface area contributed by atoms with Crippen LogP contribution in [0.1, 0.15) is 39.0 Å². The van der Waals surface area contributed by atoms with Crippen LogP contribution in [0.5, 0.6) is 0 Å². The lowest BCUT2D eigenvalue weighted by atomic mass is 9.70. The van der Waals surface area contributed by atoms with E-state index in [1.54, 1.807) is 0 Å². The van der Waals surface area contributed by atoms with Gasteiger partial charge in [0.1, 0.15) is 0 Å². The van der Waals surface area contributed by atoms with Crippen molar-refractivity contribution in [3.05, 3.63) is 0 Å². The van der Waals surface area contributed by atoms with Gasteiger partial charge in [0.15, 0.2) is 0 Å². The van der Waals surface area contributed by atoms with Gasteiger partial charge in [0.25, 0.3) is 0 Å². The highest BCUT2D eigenvalue weighted by Crippen LogP contribution is 2.39. The van der Waals surface area contributed by atoms with E-state index in [1.165, 1.54) is 25.7 Å². The van der Waals surface area contributed by atoms with Gasteiger partial charge >= 0.3 is 0 Å². The van der Waals surface area contributed by atoms with Crippen molar-refractivity contribution in [2.75, 3.05) is 6.54 Å². The third kappa shape index (κ3) is 1.27. The Bertz CT molecular complexity index is 157. The van der Waals surface area contributed by atoms with Crippen LogP contribution in [0.3, 0.4) is 0 Å². The summed E-state index contributed by atoms with van der Waals surface area (Å²) < 4.78 is 0. The molecule has 70 valence electrons. The minimum Gasteiger partial charge on any atom is -0.388 e. The molecule has 12 heavy (non-hydrogen) atoms. The van der Waals surface area contributed by atoms with Crippen molar-refractivity contribution in [1.29, 1.82) is 0 Å². The number of aliphatic hydroxyl groups is 1. The van der Waals surface area contributed by atoms with Crippen molar-refractivity contribution in [3.8, 4) is 0 Å². The molecule has 1 unspecified atom stereocenters. The SMILES string of the molecule is CC(O)(C1CCC1)[C@@H]1CCCN1. The van der Waals surface area contributed by atoms with Gasteiger partial charge < -0.3 is 10.4 Å². The van der Waals surface area contributed by atoms with Crippen molar-refractivity contribution in [2.24, 2.45) is 5.92 Å². The second-order valence-corrected chi connectivity index (χ2v) is 4.50. The molecule has 0 amide bonds. The molecule has 2 fully saturated rings. The standard InChI is InChI=1S/C10H19NO/c1-10(12,8-4-2-5-8)9-6-3-7-11-9/h8-9,11-12H,2-7H2,1H3/t9-,10?/m0/s1. The molecule has 1 heterocycles. The first-order chi connectivity index (χ1) is 5.71. The molecule has 1 saturated carbocycles. The molecular weight excluding hydrogens is 150 g/mol. The van der Waals surface area contributed by atoms with E-state index in [0.717, 1.165) is 13.0 Å². The second-order valence-electron chi connectivity index (χ2n) is 4.50. The molecule has 2 N–H and O–H groups in total. The fourth-order valence-electron chi connectivity index (χ4n) is 2.46. The molecular formula is C10H19NO. The molecule has 2 rings (SSSR count). The predicted molar refractivity (Wildman–Crippen MR) is 49.0 cm³/mol. The third-order valence-electron chi connectivity index (χ3n) is 3.70. The van der Waals surface area contributed by atoms with E-state index < -0.39 is 5.60 Å². The Morgan fingerprint density at radius 2 is 2.00 bits per heavy atom. The Balaban J connectivity index is 1.97. The molecule has 0 aromatic rings. The monoisotopic (exact) mass is 169 g/mol. The molecule has 2 atom stereocenters. The highest BCUT2D eigenvalue weighted by molar-refractivity contribution is 4.98. The summed E-state index contributed by atoms with van der Waals surface area (Å²) in [5, 5.41) is 13.7. The van der Waals surface area contributed by atoms with E-state index in [2.05, 4.69) is 5.32 Å². The second kappa shape index (κ2) is 3.00. The number of hydrogen-bond donors (Lipinski definition) is 2. The van der Waals surface area contributed by atoms with Gasteiger partial charge in [0.05, 0.1) is 5.60 Å². The Kier molecular flexibility index (Phi) is 2.13. The average Bonchev–Trinajstić information content (AvgIpc) is 2.30. The summed E-state index contributed by atoms with van der Waals surface area (Å²) in [5.74, 6) is 0.563. The van der Waals surface area contributed by atoms with E-state index in [4.69, 9.17) is 0 Å². The zero-order valence-electron chi connectivity index (χ0n) is 7.84. The van der Waals surface area contributed by atoms with Crippen LogP contribution in [-0.4, -0.2) is 23.3 Å². The van der Waals surface area contributed by atoms with Crippen molar-refractivity contribution in [1.82, 2.24) is 5.32 Å². The van der Waals surface area contributed by atoms with Gasteiger partial charge in [-0.15, -0.1) is 0 Å². The van der Waals surface area contributed by atoms with Crippen LogP contribution in [0.25, 0.3) is 0 Å². The lowest BCUT2D eigenvalue weighted by Crippen LogP contribution is -2.52. The van der Waals surface area contributed by atoms with Gasteiger partial charge in [-0.1, -0.05) is 6.42 Å². The van der Waals surface area contributed by atoms with Gasteiger partial charge in [-0.25, -0.2) is 0 Å². The highest BCUT2D eigenvalue weighted by Gasteiger charge is 2.42. The maximum atomic E-state index is 10.3. The van der Waals surface area contributed by atoms with Crippen LogP contribution in [0, 0.1) is 5.92 Å². The van der Waals surface area contributed by atoms with Gasteiger partial charge in [-0.3, -0.25) is 0 Å². The summed E-state index contributed by atoms with van der Waals surface area (Å²) in [6.45, 7) is 3.10. The minimum absolute atomic E-state index is 0.364.